The van der Waals surface area contributed by atoms with E-state index in [1.165, 1.54) is 29.8 Å². The van der Waals surface area contributed by atoms with E-state index < -0.39 is 10.9 Å². The number of amidine groups is 1. The minimum Gasteiger partial charge on any atom is -0.465 e. The van der Waals surface area contributed by atoms with Gasteiger partial charge in [0.2, 0.25) is 0 Å². The van der Waals surface area contributed by atoms with Crippen LogP contribution in [-0.2, 0) is 9.53 Å². The van der Waals surface area contributed by atoms with E-state index in [4.69, 9.17) is 4.42 Å². The topological polar surface area (TPSA) is 115 Å². The van der Waals surface area contributed by atoms with Crippen LogP contribution in [0.4, 0.5) is 11.4 Å². The Morgan fingerprint density at radius 2 is 1.91 bits per heavy atom. The van der Waals surface area contributed by atoms with Crippen molar-refractivity contribution >= 4 is 46.3 Å². The Morgan fingerprint density at radius 3 is 2.59 bits per heavy atom. The zero-order valence-corrected chi connectivity index (χ0v) is 19.3. The second-order valence-electron chi connectivity index (χ2n) is 7.32. The van der Waals surface area contributed by atoms with Crippen molar-refractivity contribution in [3.8, 4) is 11.3 Å². The molecule has 3 aromatic rings. The third kappa shape index (κ3) is 4.48. The molecule has 1 amide bonds. The van der Waals surface area contributed by atoms with Gasteiger partial charge in [0, 0.05) is 30.3 Å². The van der Waals surface area contributed by atoms with Crippen molar-refractivity contribution in [1.29, 1.82) is 0 Å². The zero-order valence-electron chi connectivity index (χ0n) is 18.5. The third-order valence-electron chi connectivity index (χ3n) is 5.18. The van der Waals surface area contributed by atoms with Gasteiger partial charge in [0.25, 0.3) is 11.6 Å². The van der Waals surface area contributed by atoms with Crippen LogP contribution < -0.4 is 0 Å². The van der Waals surface area contributed by atoms with Gasteiger partial charge >= 0.3 is 5.97 Å². The Balaban J connectivity index is 1.57. The number of nitrogens with zero attached hydrogens (tertiary/aromatic N) is 3. The molecule has 1 saturated heterocycles. The molecule has 10 heteroatoms. The van der Waals surface area contributed by atoms with Crippen LogP contribution in [0.5, 0.6) is 0 Å². The van der Waals surface area contributed by atoms with Crippen molar-refractivity contribution in [3.63, 3.8) is 0 Å². The minimum atomic E-state index is -0.440. The first-order valence-corrected chi connectivity index (χ1v) is 10.9. The van der Waals surface area contributed by atoms with E-state index in [9.17, 15) is 19.7 Å². The second-order valence-corrected chi connectivity index (χ2v) is 8.33. The summed E-state index contributed by atoms with van der Waals surface area (Å²) in [5, 5.41) is 11.7. The molecule has 1 aromatic heterocycles. The fourth-order valence-electron chi connectivity index (χ4n) is 3.34. The molecular formula is C24H19N3O6S. The molecular weight excluding hydrogens is 458 g/mol. The van der Waals surface area contributed by atoms with Crippen LogP contribution in [0.1, 0.15) is 21.7 Å². The number of nitro benzene ring substituents is 1. The largest absolute Gasteiger partial charge is 0.465 e. The van der Waals surface area contributed by atoms with Gasteiger partial charge in [0.05, 0.1) is 28.2 Å². The zero-order chi connectivity index (χ0) is 24.4. The number of methoxy groups -OCH3 is 1. The molecule has 172 valence electrons. The quantitative estimate of drug-likeness (QED) is 0.215. The minimum absolute atomic E-state index is 0.0115. The molecule has 0 aliphatic carbocycles. The molecule has 2 aromatic carbocycles. The van der Waals surface area contributed by atoms with Crippen LogP contribution in [0.15, 0.2) is 68.9 Å². The van der Waals surface area contributed by atoms with Crippen LogP contribution in [-0.4, -0.2) is 41.0 Å². The summed E-state index contributed by atoms with van der Waals surface area (Å²) < 4.78 is 10.5. The Labute approximate surface area is 198 Å². The molecule has 9 nitrogen and oxygen atoms in total. The summed E-state index contributed by atoms with van der Waals surface area (Å²) in [5.41, 5.74) is 2.11. The van der Waals surface area contributed by atoms with Crippen LogP contribution in [0.2, 0.25) is 0 Å². The predicted molar refractivity (Wildman–Crippen MR) is 129 cm³/mol. The Kier molecular flexibility index (Phi) is 6.33. The number of amides is 1. The molecule has 0 radical (unpaired) electrons. The van der Waals surface area contributed by atoms with Crippen LogP contribution in [0.25, 0.3) is 17.4 Å². The van der Waals surface area contributed by atoms with E-state index in [1.807, 2.05) is 0 Å². The number of carbonyl (C=O) groups is 2. The summed E-state index contributed by atoms with van der Waals surface area (Å²) in [6.45, 7) is 1.67. The van der Waals surface area contributed by atoms with Crippen molar-refractivity contribution in [1.82, 2.24) is 4.90 Å². The lowest BCUT2D eigenvalue weighted by atomic mass is 10.1. The number of likely N-dealkylation sites (N-methyl/N-ethyl adjacent to an activating group) is 1. The number of esters is 1. The highest BCUT2D eigenvalue weighted by molar-refractivity contribution is 8.18. The lowest BCUT2D eigenvalue weighted by Crippen LogP contribution is -2.23. The van der Waals surface area contributed by atoms with Crippen molar-refractivity contribution in [2.45, 2.75) is 6.92 Å². The summed E-state index contributed by atoms with van der Waals surface area (Å²) in [5.74, 6) is 0.231. The number of carbonyl (C=O) groups excluding carboxylic acids is 2. The molecule has 0 bridgehead atoms. The number of furan rings is 1. The van der Waals surface area contributed by atoms with E-state index in [0.717, 1.165) is 0 Å². The average Bonchev–Trinajstić information content (AvgIpc) is 3.39. The van der Waals surface area contributed by atoms with Gasteiger partial charge in [-0.1, -0.05) is 12.1 Å². The van der Waals surface area contributed by atoms with E-state index in [1.54, 1.807) is 68.6 Å². The van der Waals surface area contributed by atoms with E-state index in [2.05, 4.69) is 9.73 Å². The Bertz CT molecular complexity index is 1360. The first-order valence-electron chi connectivity index (χ1n) is 10.1. The molecule has 0 spiro atoms. The lowest BCUT2D eigenvalue weighted by Gasteiger charge is -2.07. The van der Waals surface area contributed by atoms with Gasteiger partial charge in [-0.3, -0.25) is 19.8 Å². The maximum atomic E-state index is 12.7. The fraction of sp³-hybridized carbons (Fsp3) is 0.125. The van der Waals surface area contributed by atoms with Crippen LogP contribution in [0, 0.1) is 17.0 Å². The number of hydrogen-bond acceptors (Lipinski definition) is 8. The summed E-state index contributed by atoms with van der Waals surface area (Å²) in [6, 6.07) is 14.7. The number of nitro groups is 1. The second kappa shape index (κ2) is 9.36. The first-order chi connectivity index (χ1) is 16.3. The van der Waals surface area contributed by atoms with Gasteiger partial charge in [-0.05, 0) is 55.1 Å². The van der Waals surface area contributed by atoms with Crippen molar-refractivity contribution in [2.75, 3.05) is 14.2 Å². The maximum Gasteiger partial charge on any atom is 0.337 e. The van der Waals surface area contributed by atoms with Crippen LogP contribution >= 0.6 is 11.8 Å². The molecule has 4 rings (SSSR count). The van der Waals surface area contributed by atoms with Gasteiger partial charge in [0.15, 0.2) is 5.17 Å². The number of benzene rings is 2. The summed E-state index contributed by atoms with van der Waals surface area (Å²) in [7, 11) is 2.94. The molecule has 34 heavy (non-hydrogen) atoms. The molecule has 1 aliphatic rings. The van der Waals surface area contributed by atoms with Crippen molar-refractivity contribution in [2.24, 2.45) is 4.99 Å². The number of thioether (sulfide) groups is 1. The van der Waals surface area contributed by atoms with Gasteiger partial charge in [-0.2, -0.15) is 0 Å². The monoisotopic (exact) mass is 477 g/mol. The molecule has 1 aliphatic heterocycles. The smallest absolute Gasteiger partial charge is 0.337 e. The third-order valence-corrected chi connectivity index (χ3v) is 6.24. The fourth-order valence-corrected chi connectivity index (χ4v) is 4.31. The van der Waals surface area contributed by atoms with Crippen LogP contribution in [0.3, 0.4) is 0 Å². The average molecular weight is 477 g/mol. The number of hydrogen-bond donors (Lipinski definition) is 0. The maximum absolute atomic E-state index is 12.7. The normalized spacial score (nSPS) is 15.9. The van der Waals surface area contributed by atoms with Gasteiger partial charge < -0.3 is 9.15 Å². The molecule has 0 unspecified atom stereocenters. The number of ether oxygens (including phenoxy) is 1. The SMILES string of the molecule is COC(=O)c1ccc(N=C2S/C(=C/c3ccc(-c4cccc([N+](=O)[O-])c4C)o3)C(=O)N2C)cc1. The lowest BCUT2D eigenvalue weighted by molar-refractivity contribution is -0.385. The summed E-state index contributed by atoms with van der Waals surface area (Å²) in [4.78, 5) is 41.4. The number of aliphatic imine (C=N–C) groups is 1. The molecule has 0 N–H and O–H groups in total. The molecule has 0 saturated carbocycles. The highest BCUT2D eigenvalue weighted by Gasteiger charge is 2.30. The van der Waals surface area contributed by atoms with Gasteiger partial charge in [0.1, 0.15) is 11.5 Å². The van der Waals surface area contributed by atoms with E-state index in [-0.39, 0.29) is 11.6 Å². The first kappa shape index (κ1) is 23.0. The Morgan fingerprint density at radius 1 is 1.18 bits per heavy atom. The van der Waals surface area contributed by atoms with Crippen molar-refractivity contribution in [3.05, 3.63) is 86.5 Å². The van der Waals surface area contributed by atoms with Crippen molar-refractivity contribution < 1.29 is 23.7 Å². The van der Waals surface area contributed by atoms with Gasteiger partial charge in [-0.25, -0.2) is 9.79 Å². The summed E-state index contributed by atoms with van der Waals surface area (Å²) in [6.07, 6.45) is 1.61. The predicted octanol–water partition coefficient (Wildman–Crippen LogP) is 5.18. The van der Waals surface area contributed by atoms with Gasteiger partial charge in [-0.15, -0.1) is 0 Å². The highest BCUT2D eigenvalue weighted by atomic mass is 32.2. The standard InChI is InChI=1S/C24H19N3O6S/c1-14-18(5-4-6-19(14)27(30)31)20-12-11-17(33-20)13-21-22(28)26(2)24(34-21)25-16-9-7-15(8-10-16)23(29)32-3/h4-13H,1-3H3/b21-13+,25-24?. The Hall–Kier alpha value is -4.18. The summed E-state index contributed by atoms with van der Waals surface area (Å²) >= 11 is 1.19. The van der Waals surface area contributed by atoms with E-state index in [0.29, 0.717) is 44.0 Å². The highest BCUT2D eigenvalue weighted by Crippen LogP contribution is 2.35. The molecule has 1 fully saturated rings. The number of rotatable bonds is 5. The molecule has 0 atom stereocenters. The van der Waals surface area contributed by atoms with E-state index >= 15 is 0 Å². The molecule has 2 heterocycles.